The molecular weight excluding hydrogens is 462 g/mol. The Kier molecular flexibility index (Phi) is 7.22. The zero-order valence-corrected chi connectivity index (χ0v) is 21.3. The normalized spacial score (nSPS) is 14.7. The molecule has 0 atom stereocenters. The first kappa shape index (κ1) is 23.3. The molecule has 32 heavy (non-hydrogen) atoms. The fourth-order valence-corrected chi connectivity index (χ4v) is 6.72. The van der Waals surface area contributed by atoms with Gasteiger partial charge in [0.05, 0.1) is 16.4 Å². The molecule has 2 heterocycles. The van der Waals surface area contributed by atoms with Gasteiger partial charge in [0.25, 0.3) is 0 Å². The first-order valence-electron chi connectivity index (χ1n) is 10.9. The first-order valence-corrected chi connectivity index (χ1v) is 13.2. The zero-order valence-electron chi connectivity index (χ0n) is 18.9. The SMILES string of the molecule is CC(=O)N(c1nc(CSc2nnc(C)n2C2CCCCC2)cs1)c1c(C)cc(C)cc1Cl. The molecule has 170 valence electrons. The Morgan fingerprint density at radius 2 is 1.97 bits per heavy atom. The van der Waals surface area contributed by atoms with Gasteiger partial charge in [0.15, 0.2) is 10.3 Å². The van der Waals surface area contributed by atoms with E-state index in [1.54, 1.807) is 23.6 Å². The summed E-state index contributed by atoms with van der Waals surface area (Å²) < 4.78 is 2.30. The Bertz CT molecular complexity index is 1100. The van der Waals surface area contributed by atoms with Crippen molar-refractivity contribution < 1.29 is 4.79 Å². The fourth-order valence-electron chi connectivity index (χ4n) is 4.39. The third-order valence-corrected chi connectivity index (χ3v) is 7.93. The summed E-state index contributed by atoms with van der Waals surface area (Å²) in [4.78, 5) is 18.9. The molecule has 2 aromatic heterocycles. The summed E-state index contributed by atoms with van der Waals surface area (Å²) in [6.45, 7) is 7.54. The lowest BCUT2D eigenvalue weighted by Gasteiger charge is -2.24. The number of thiazole rings is 1. The Hall–Kier alpha value is -1.90. The highest BCUT2D eigenvalue weighted by atomic mass is 35.5. The number of thioether (sulfide) groups is 1. The molecule has 0 aliphatic heterocycles. The van der Waals surface area contributed by atoms with Crippen LogP contribution in [-0.4, -0.2) is 25.7 Å². The van der Waals surface area contributed by atoms with Crippen LogP contribution in [0, 0.1) is 20.8 Å². The minimum Gasteiger partial charge on any atom is -0.303 e. The van der Waals surface area contributed by atoms with Crippen molar-refractivity contribution in [2.24, 2.45) is 0 Å². The number of carbonyl (C=O) groups excluding carboxylic acids is 1. The van der Waals surface area contributed by atoms with E-state index in [1.807, 2.05) is 38.3 Å². The molecule has 9 heteroatoms. The maximum atomic E-state index is 12.6. The van der Waals surface area contributed by atoms with E-state index in [4.69, 9.17) is 16.6 Å². The van der Waals surface area contributed by atoms with Gasteiger partial charge in [-0.1, -0.05) is 48.7 Å². The second-order valence-electron chi connectivity index (χ2n) is 8.37. The van der Waals surface area contributed by atoms with E-state index in [1.165, 1.54) is 43.4 Å². The quantitative estimate of drug-likeness (QED) is 0.356. The van der Waals surface area contributed by atoms with E-state index in [0.29, 0.717) is 27.6 Å². The van der Waals surface area contributed by atoms with Gasteiger partial charge in [0.1, 0.15) is 5.82 Å². The zero-order chi connectivity index (χ0) is 22.8. The van der Waals surface area contributed by atoms with Crippen LogP contribution in [-0.2, 0) is 10.5 Å². The van der Waals surface area contributed by atoms with Crippen LogP contribution in [0.2, 0.25) is 5.02 Å². The molecule has 0 unspecified atom stereocenters. The van der Waals surface area contributed by atoms with Crippen LogP contribution in [0.3, 0.4) is 0 Å². The number of amides is 1. The van der Waals surface area contributed by atoms with Gasteiger partial charge in [0.2, 0.25) is 5.91 Å². The number of aromatic nitrogens is 4. The van der Waals surface area contributed by atoms with Crippen LogP contribution in [0.5, 0.6) is 0 Å². The number of rotatable bonds is 6. The van der Waals surface area contributed by atoms with Crippen molar-refractivity contribution in [3.63, 3.8) is 0 Å². The molecule has 1 saturated carbocycles. The van der Waals surface area contributed by atoms with Gasteiger partial charge in [-0.25, -0.2) is 4.98 Å². The van der Waals surface area contributed by atoms with E-state index < -0.39 is 0 Å². The Morgan fingerprint density at radius 1 is 1.22 bits per heavy atom. The molecule has 1 fully saturated rings. The molecule has 0 saturated heterocycles. The lowest BCUT2D eigenvalue weighted by molar-refractivity contribution is -0.115. The standard InChI is InChI=1S/C23H28ClN5OS2/c1-14-10-15(2)21(20(24)11-14)29(17(4)30)22-25-18(12-31-22)13-32-23-27-26-16(3)28(23)19-8-6-5-7-9-19/h10-12,19H,5-9,13H2,1-4H3. The van der Waals surface area contributed by atoms with E-state index >= 15 is 0 Å². The van der Waals surface area contributed by atoms with Crippen LogP contribution in [0.25, 0.3) is 0 Å². The van der Waals surface area contributed by atoms with Crippen molar-refractivity contribution in [3.8, 4) is 0 Å². The Balaban J connectivity index is 1.54. The maximum Gasteiger partial charge on any atom is 0.230 e. The summed E-state index contributed by atoms with van der Waals surface area (Å²) in [5.74, 6) is 1.54. The largest absolute Gasteiger partial charge is 0.303 e. The maximum absolute atomic E-state index is 12.6. The van der Waals surface area contributed by atoms with E-state index in [-0.39, 0.29) is 5.91 Å². The molecule has 6 nitrogen and oxygen atoms in total. The van der Waals surface area contributed by atoms with Gasteiger partial charge in [-0.2, -0.15) is 0 Å². The number of hydrogen-bond acceptors (Lipinski definition) is 6. The monoisotopic (exact) mass is 489 g/mol. The third kappa shape index (κ3) is 4.87. The molecule has 0 bridgehead atoms. The average Bonchev–Trinajstić information content (AvgIpc) is 3.35. The predicted molar refractivity (Wildman–Crippen MR) is 132 cm³/mol. The summed E-state index contributed by atoms with van der Waals surface area (Å²) in [5.41, 5.74) is 3.63. The lowest BCUT2D eigenvalue weighted by atomic mass is 9.95. The predicted octanol–water partition coefficient (Wildman–Crippen LogP) is 6.80. The summed E-state index contributed by atoms with van der Waals surface area (Å²) in [6, 6.07) is 4.40. The minimum atomic E-state index is -0.111. The second kappa shape index (κ2) is 9.93. The van der Waals surface area contributed by atoms with Crippen molar-refractivity contribution >= 4 is 51.4 Å². The molecule has 1 aromatic carbocycles. The molecule has 1 aliphatic carbocycles. The molecule has 1 aliphatic rings. The molecule has 4 rings (SSSR count). The first-order chi connectivity index (χ1) is 15.3. The average molecular weight is 490 g/mol. The van der Waals surface area contributed by atoms with Crippen LogP contribution >= 0.6 is 34.7 Å². The molecule has 0 radical (unpaired) electrons. The number of anilines is 2. The number of hydrogen-bond donors (Lipinski definition) is 0. The highest BCUT2D eigenvalue weighted by molar-refractivity contribution is 7.98. The molecule has 0 spiro atoms. The van der Waals surface area contributed by atoms with Crippen molar-refractivity contribution in [1.29, 1.82) is 0 Å². The van der Waals surface area contributed by atoms with Crippen LogP contribution in [0.1, 0.15) is 67.7 Å². The van der Waals surface area contributed by atoms with Crippen molar-refractivity contribution in [2.45, 2.75) is 76.8 Å². The Labute approximate surface area is 202 Å². The van der Waals surface area contributed by atoms with Gasteiger partial charge >= 0.3 is 0 Å². The number of halogens is 1. The van der Waals surface area contributed by atoms with Crippen LogP contribution < -0.4 is 4.90 Å². The van der Waals surface area contributed by atoms with Gasteiger partial charge < -0.3 is 4.57 Å². The summed E-state index contributed by atoms with van der Waals surface area (Å²) in [6.07, 6.45) is 6.24. The third-order valence-electron chi connectivity index (χ3n) is 5.79. The summed E-state index contributed by atoms with van der Waals surface area (Å²) in [5, 5.41) is 12.9. The topological polar surface area (TPSA) is 63.9 Å². The highest BCUT2D eigenvalue weighted by Crippen LogP contribution is 2.38. The van der Waals surface area contributed by atoms with Gasteiger partial charge in [0, 0.05) is 24.1 Å². The second-order valence-corrected chi connectivity index (χ2v) is 10.6. The lowest BCUT2D eigenvalue weighted by Crippen LogP contribution is -2.24. The molecule has 0 N–H and O–H groups in total. The van der Waals surface area contributed by atoms with Crippen LogP contribution in [0.4, 0.5) is 10.8 Å². The number of aryl methyl sites for hydroxylation is 3. The van der Waals surface area contributed by atoms with Crippen LogP contribution in [0.15, 0.2) is 22.7 Å². The van der Waals surface area contributed by atoms with Crippen molar-refractivity contribution in [3.05, 3.63) is 45.2 Å². The molecule has 1 amide bonds. The highest BCUT2D eigenvalue weighted by Gasteiger charge is 2.24. The smallest absolute Gasteiger partial charge is 0.230 e. The van der Waals surface area contributed by atoms with Crippen molar-refractivity contribution in [1.82, 2.24) is 19.7 Å². The van der Waals surface area contributed by atoms with Crippen molar-refractivity contribution in [2.75, 3.05) is 4.90 Å². The molecular formula is C23H28ClN5OS2. The van der Waals surface area contributed by atoms with E-state index in [9.17, 15) is 4.79 Å². The number of carbonyl (C=O) groups is 1. The Morgan fingerprint density at radius 3 is 2.66 bits per heavy atom. The van der Waals surface area contributed by atoms with E-state index in [0.717, 1.165) is 27.8 Å². The van der Waals surface area contributed by atoms with Gasteiger partial charge in [-0.3, -0.25) is 9.69 Å². The van der Waals surface area contributed by atoms with E-state index in [2.05, 4.69) is 14.8 Å². The number of benzene rings is 1. The fraction of sp³-hybridized carbons (Fsp3) is 0.478. The summed E-state index contributed by atoms with van der Waals surface area (Å²) >= 11 is 9.64. The van der Waals surface area contributed by atoms with Gasteiger partial charge in [-0.15, -0.1) is 21.5 Å². The summed E-state index contributed by atoms with van der Waals surface area (Å²) in [7, 11) is 0. The molecule has 3 aromatic rings. The minimum absolute atomic E-state index is 0.111. The number of nitrogens with zero attached hydrogens (tertiary/aromatic N) is 5. The van der Waals surface area contributed by atoms with Gasteiger partial charge in [-0.05, 0) is 50.8 Å².